The van der Waals surface area contributed by atoms with Crippen LogP contribution in [0.15, 0.2) is 97.1 Å². The molecule has 0 radical (unpaired) electrons. The fraction of sp³-hybridized carbons (Fsp3) is 0.188. The summed E-state index contributed by atoms with van der Waals surface area (Å²) in [7, 11) is 3.63. The standard InChI is InChI=1S/C32H28N2O2/c1-21-13-17-23(18-14-21)31(25-9-5-7-11-27(25)33(3)29(31)35)32(24-19-15-22(2)16-20-24)26-10-6-8-12-28(26)34(4)30(32)36/h5-20H,1-4H3/t31-,32+. The second-order valence-corrected chi connectivity index (χ2v) is 9.99. The summed E-state index contributed by atoms with van der Waals surface area (Å²) in [5.41, 5.74) is 4.59. The zero-order valence-electron chi connectivity index (χ0n) is 20.9. The highest BCUT2D eigenvalue weighted by Crippen LogP contribution is 2.63. The summed E-state index contributed by atoms with van der Waals surface area (Å²) in [5, 5.41) is 0. The number of nitrogens with zero attached hydrogens (tertiary/aromatic N) is 2. The average Bonchev–Trinajstić information content (AvgIpc) is 3.27. The number of para-hydroxylation sites is 2. The molecule has 4 aromatic rings. The predicted octanol–water partition coefficient (Wildman–Crippen LogP) is 5.53. The Bertz CT molecular complexity index is 1410. The fourth-order valence-electron chi connectivity index (χ4n) is 6.44. The summed E-state index contributed by atoms with van der Waals surface area (Å²) in [6.07, 6.45) is 0. The maximum Gasteiger partial charge on any atom is 0.243 e. The van der Waals surface area contributed by atoms with Gasteiger partial charge in [-0.3, -0.25) is 9.59 Å². The molecule has 0 unspecified atom stereocenters. The van der Waals surface area contributed by atoms with Crippen LogP contribution in [-0.2, 0) is 20.4 Å². The van der Waals surface area contributed by atoms with E-state index in [1.54, 1.807) is 9.80 Å². The van der Waals surface area contributed by atoms with Crippen molar-refractivity contribution < 1.29 is 9.59 Å². The molecular formula is C32H28N2O2. The third-order valence-corrected chi connectivity index (χ3v) is 8.12. The van der Waals surface area contributed by atoms with Crippen molar-refractivity contribution in [1.82, 2.24) is 0 Å². The molecule has 4 nitrogen and oxygen atoms in total. The van der Waals surface area contributed by atoms with Crippen LogP contribution in [0.4, 0.5) is 11.4 Å². The van der Waals surface area contributed by atoms with Crippen molar-refractivity contribution in [3.63, 3.8) is 0 Å². The van der Waals surface area contributed by atoms with E-state index < -0.39 is 10.8 Å². The van der Waals surface area contributed by atoms with E-state index in [1.807, 2.05) is 125 Å². The number of benzene rings is 4. The first-order valence-electron chi connectivity index (χ1n) is 12.2. The van der Waals surface area contributed by atoms with E-state index in [1.165, 1.54) is 0 Å². The Balaban J connectivity index is 1.86. The molecule has 0 N–H and O–H groups in total. The van der Waals surface area contributed by atoms with Gasteiger partial charge in [-0.25, -0.2) is 0 Å². The van der Waals surface area contributed by atoms with E-state index in [9.17, 15) is 9.59 Å². The zero-order valence-corrected chi connectivity index (χ0v) is 20.9. The van der Waals surface area contributed by atoms with Crippen molar-refractivity contribution in [3.05, 3.63) is 130 Å². The Hall–Kier alpha value is -4.18. The van der Waals surface area contributed by atoms with E-state index in [2.05, 4.69) is 0 Å². The Morgan fingerprint density at radius 1 is 0.500 bits per heavy atom. The third kappa shape index (κ3) is 2.54. The molecule has 6 rings (SSSR count). The molecule has 4 heteroatoms. The van der Waals surface area contributed by atoms with E-state index in [0.717, 1.165) is 44.8 Å². The van der Waals surface area contributed by atoms with Crippen molar-refractivity contribution in [1.29, 1.82) is 0 Å². The number of carbonyl (C=O) groups is 2. The quantitative estimate of drug-likeness (QED) is 0.393. The molecule has 2 atom stereocenters. The first-order valence-corrected chi connectivity index (χ1v) is 12.2. The molecule has 0 saturated heterocycles. The van der Waals surface area contributed by atoms with Gasteiger partial charge in [0.2, 0.25) is 11.8 Å². The Morgan fingerprint density at radius 2 is 0.833 bits per heavy atom. The molecule has 0 aliphatic carbocycles. The minimum atomic E-state index is -1.29. The van der Waals surface area contributed by atoms with Crippen LogP contribution in [0, 0.1) is 13.8 Å². The van der Waals surface area contributed by atoms with Gasteiger partial charge in [-0.05, 0) is 48.2 Å². The number of hydrogen-bond acceptors (Lipinski definition) is 2. The van der Waals surface area contributed by atoms with Gasteiger partial charge in [-0.2, -0.15) is 0 Å². The lowest BCUT2D eigenvalue weighted by Crippen LogP contribution is -2.60. The molecule has 0 saturated carbocycles. The average molecular weight is 473 g/mol. The van der Waals surface area contributed by atoms with Gasteiger partial charge in [0.15, 0.2) is 0 Å². The highest BCUT2D eigenvalue weighted by atomic mass is 16.2. The molecule has 0 spiro atoms. The van der Waals surface area contributed by atoms with E-state index in [-0.39, 0.29) is 11.8 Å². The first kappa shape index (κ1) is 22.3. The largest absolute Gasteiger partial charge is 0.314 e. The zero-order chi connectivity index (χ0) is 25.2. The molecule has 0 fully saturated rings. The van der Waals surface area contributed by atoms with Gasteiger partial charge in [0.1, 0.15) is 10.8 Å². The number of aryl methyl sites for hydroxylation is 2. The van der Waals surface area contributed by atoms with Crippen molar-refractivity contribution in [2.75, 3.05) is 23.9 Å². The highest BCUT2D eigenvalue weighted by molar-refractivity contribution is 6.21. The van der Waals surface area contributed by atoms with Crippen LogP contribution >= 0.6 is 0 Å². The lowest BCUT2D eigenvalue weighted by molar-refractivity contribution is -0.131. The van der Waals surface area contributed by atoms with Crippen LogP contribution < -0.4 is 9.80 Å². The van der Waals surface area contributed by atoms with Crippen LogP contribution in [0.5, 0.6) is 0 Å². The number of amides is 2. The maximum atomic E-state index is 14.8. The van der Waals surface area contributed by atoms with Crippen LogP contribution in [0.25, 0.3) is 0 Å². The molecule has 36 heavy (non-hydrogen) atoms. The first-order chi connectivity index (χ1) is 17.3. The number of likely N-dealkylation sites (N-methyl/N-ethyl adjacent to an activating group) is 2. The molecule has 0 aromatic heterocycles. The number of fused-ring (bicyclic) bond motifs is 2. The normalized spacial score (nSPS) is 22.7. The molecule has 2 amide bonds. The second kappa shape index (κ2) is 7.66. The lowest BCUT2D eigenvalue weighted by Gasteiger charge is -2.45. The number of anilines is 2. The van der Waals surface area contributed by atoms with Gasteiger partial charge in [0, 0.05) is 25.5 Å². The number of carbonyl (C=O) groups excluding carboxylic acids is 2. The van der Waals surface area contributed by atoms with Crippen molar-refractivity contribution in [3.8, 4) is 0 Å². The summed E-state index contributed by atoms with van der Waals surface area (Å²) >= 11 is 0. The highest BCUT2D eigenvalue weighted by Gasteiger charge is 2.71. The third-order valence-electron chi connectivity index (χ3n) is 8.12. The van der Waals surface area contributed by atoms with Crippen LogP contribution in [-0.4, -0.2) is 25.9 Å². The van der Waals surface area contributed by atoms with E-state index in [0.29, 0.717) is 0 Å². The molecule has 2 aliphatic heterocycles. The summed E-state index contributed by atoms with van der Waals surface area (Å²) < 4.78 is 0. The van der Waals surface area contributed by atoms with Gasteiger partial charge < -0.3 is 9.80 Å². The Morgan fingerprint density at radius 3 is 1.19 bits per heavy atom. The molecule has 2 aliphatic rings. The summed E-state index contributed by atoms with van der Waals surface area (Å²) in [6, 6.07) is 32.0. The van der Waals surface area contributed by atoms with E-state index >= 15 is 0 Å². The fourth-order valence-corrected chi connectivity index (χ4v) is 6.44. The lowest BCUT2D eigenvalue weighted by atomic mass is 9.52. The number of hydrogen-bond donors (Lipinski definition) is 0. The smallest absolute Gasteiger partial charge is 0.243 e. The maximum absolute atomic E-state index is 14.8. The minimum absolute atomic E-state index is 0.105. The Labute approximate surface area is 211 Å². The molecule has 0 bridgehead atoms. The summed E-state index contributed by atoms with van der Waals surface area (Å²) in [5.74, 6) is -0.210. The number of rotatable bonds is 3. The summed E-state index contributed by atoms with van der Waals surface area (Å²) in [6.45, 7) is 4.07. The van der Waals surface area contributed by atoms with Gasteiger partial charge in [0.05, 0.1) is 0 Å². The van der Waals surface area contributed by atoms with Gasteiger partial charge in [-0.1, -0.05) is 96.1 Å². The van der Waals surface area contributed by atoms with Gasteiger partial charge >= 0.3 is 0 Å². The van der Waals surface area contributed by atoms with E-state index in [4.69, 9.17) is 0 Å². The van der Waals surface area contributed by atoms with Crippen molar-refractivity contribution >= 4 is 23.2 Å². The van der Waals surface area contributed by atoms with Crippen molar-refractivity contribution in [2.24, 2.45) is 0 Å². The molecule has 4 aromatic carbocycles. The summed E-state index contributed by atoms with van der Waals surface area (Å²) in [4.78, 5) is 33.1. The monoisotopic (exact) mass is 472 g/mol. The predicted molar refractivity (Wildman–Crippen MR) is 144 cm³/mol. The van der Waals surface area contributed by atoms with Crippen LogP contribution in [0.2, 0.25) is 0 Å². The minimum Gasteiger partial charge on any atom is -0.314 e. The van der Waals surface area contributed by atoms with Gasteiger partial charge in [0.25, 0.3) is 0 Å². The molecule has 178 valence electrons. The second-order valence-electron chi connectivity index (χ2n) is 9.99. The van der Waals surface area contributed by atoms with Crippen LogP contribution in [0.1, 0.15) is 33.4 Å². The molecule has 2 heterocycles. The SMILES string of the molecule is Cc1ccc([C@@]2([C@@]3(c4ccc(C)cc4)C(=O)N(C)c4ccccc43)C(=O)N(C)c3ccccc32)cc1. The Kier molecular flexibility index (Phi) is 4.74. The van der Waals surface area contributed by atoms with Crippen molar-refractivity contribution in [2.45, 2.75) is 24.7 Å². The van der Waals surface area contributed by atoms with Crippen LogP contribution in [0.3, 0.4) is 0 Å². The topological polar surface area (TPSA) is 40.6 Å². The molecular weight excluding hydrogens is 444 g/mol. The van der Waals surface area contributed by atoms with Gasteiger partial charge in [-0.15, -0.1) is 0 Å².